The van der Waals surface area contributed by atoms with Gasteiger partial charge in [0.25, 0.3) is 0 Å². The molecule has 0 radical (unpaired) electrons. The molecular weight excluding hydrogens is 220 g/mol. The van der Waals surface area contributed by atoms with Crippen LogP contribution >= 0.6 is 0 Å². The number of nitrogens with one attached hydrogen (secondary N) is 1. The van der Waals surface area contributed by atoms with Crippen molar-refractivity contribution in [3.8, 4) is 0 Å². The zero-order valence-electron chi connectivity index (χ0n) is 12.5. The number of nitrogens with zero attached hydrogens (tertiary/aromatic N) is 1. The van der Waals surface area contributed by atoms with E-state index in [2.05, 4.69) is 24.1 Å². The zero-order valence-corrected chi connectivity index (χ0v) is 12.5. The van der Waals surface area contributed by atoms with Crippen molar-refractivity contribution < 1.29 is 0 Å². The standard InChI is InChI=1S/C16H32N2/c1-3-7-16(8-10-17-11-9-16)14-18(12-4-2)13-15-5-6-15/h15,17H,3-14H2,1-2H3. The van der Waals surface area contributed by atoms with Crippen LogP contribution in [0.4, 0.5) is 0 Å². The van der Waals surface area contributed by atoms with Crippen LogP contribution in [0.15, 0.2) is 0 Å². The molecule has 0 unspecified atom stereocenters. The lowest BCUT2D eigenvalue weighted by molar-refractivity contribution is 0.0974. The summed E-state index contributed by atoms with van der Waals surface area (Å²) in [7, 11) is 0. The molecule has 2 rings (SSSR count). The smallest absolute Gasteiger partial charge is 0.00390 e. The summed E-state index contributed by atoms with van der Waals surface area (Å²) in [5, 5.41) is 3.54. The highest BCUT2D eigenvalue weighted by Crippen LogP contribution is 2.37. The van der Waals surface area contributed by atoms with E-state index in [1.54, 1.807) is 0 Å². The highest BCUT2D eigenvalue weighted by molar-refractivity contribution is 4.88. The second kappa shape index (κ2) is 6.91. The minimum Gasteiger partial charge on any atom is -0.317 e. The first kappa shape index (κ1) is 14.3. The van der Waals surface area contributed by atoms with Crippen LogP contribution in [0.25, 0.3) is 0 Å². The molecule has 2 heteroatoms. The predicted octanol–water partition coefficient (Wildman–Crippen LogP) is 3.28. The van der Waals surface area contributed by atoms with Gasteiger partial charge < -0.3 is 10.2 Å². The number of piperidine rings is 1. The second-order valence-corrected chi connectivity index (χ2v) is 6.68. The normalized spacial score (nSPS) is 23.5. The molecule has 1 heterocycles. The van der Waals surface area contributed by atoms with E-state index in [1.807, 2.05) is 0 Å². The Bertz CT molecular complexity index is 224. The molecule has 2 nitrogen and oxygen atoms in total. The van der Waals surface area contributed by atoms with E-state index in [9.17, 15) is 0 Å². The molecule has 0 spiro atoms. The summed E-state index contributed by atoms with van der Waals surface area (Å²) in [6.45, 7) is 11.2. The molecule has 1 aliphatic heterocycles. The number of hydrogen-bond donors (Lipinski definition) is 1. The van der Waals surface area contributed by atoms with Gasteiger partial charge in [-0.2, -0.15) is 0 Å². The number of hydrogen-bond acceptors (Lipinski definition) is 2. The van der Waals surface area contributed by atoms with Crippen molar-refractivity contribution in [1.29, 1.82) is 0 Å². The summed E-state index contributed by atoms with van der Waals surface area (Å²) >= 11 is 0. The third-order valence-electron chi connectivity index (χ3n) is 4.76. The average molecular weight is 252 g/mol. The topological polar surface area (TPSA) is 15.3 Å². The highest BCUT2D eigenvalue weighted by Gasteiger charge is 2.34. The van der Waals surface area contributed by atoms with Crippen LogP contribution in [-0.4, -0.2) is 37.6 Å². The van der Waals surface area contributed by atoms with Gasteiger partial charge in [0, 0.05) is 13.1 Å². The van der Waals surface area contributed by atoms with Crippen molar-refractivity contribution in [3.05, 3.63) is 0 Å². The van der Waals surface area contributed by atoms with Crippen molar-refractivity contribution in [2.24, 2.45) is 11.3 Å². The molecule has 1 saturated heterocycles. The lowest BCUT2D eigenvalue weighted by Crippen LogP contribution is -2.45. The van der Waals surface area contributed by atoms with Gasteiger partial charge in [-0.05, 0) is 69.5 Å². The fourth-order valence-electron chi connectivity index (χ4n) is 3.67. The molecule has 18 heavy (non-hydrogen) atoms. The molecule has 0 aromatic rings. The summed E-state index contributed by atoms with van der Waals surface area (Å²) in [6, 6.07) is 0. The molecule has 1 N–H and O–H groups in total. The van der Waals surface area contributed by atoms with E-state index >= 15 is 0 Å². The molecule has 0 amide bonds. The molecule has 1 aliphatic carbocycles. The minimum absolute atomic E-state index is 0.629. The summed E-state index contributed by atoms with van der Waals surface area (Å²) in [5.41, 5.74) is 0.629. The van der Waals surface area contributed by atoms with Gasteiger partial charge in [-0.15, -0.1) is 0 Å². The van der Waals surface area contributed by atoms with Crippen molar-refractivity contribution >= 4 is 0 Å². The maximum atomic E-state index is 3.54. The fourth-order valence-corrected chi connectivity index (χ4v) is 3.67. The minimum atomic E-state index is 0.629. The van der Waals surface area contributed by atoms with Gasteiger partial charge in [-0.25, -0.2) is 0 Å². The second-order valence-electron chi connectivity index (χ2n) is 6.68. The van der Waals surface area contributed by atoms with Crippen LogP contribution in [-0.2, 0) is 0 Å². The average Bonchev–Trinajstić information content (AvgIpc) is 3.14. The lowest BCUT2D eigenvalue weighted by Gasteiger charge is -2.41. The Kier molecular flexibility index (Phi) is 5.50. The van der Waals surface area contributed by atoms with Crippen molar-refractivity contribution in [2.75, 3.05) is 32.7 Å². The van der Waals surface area contributed by atoms with Crippen molar-refractivity contribution in [1.82, 2.24) is 10.2 Å². The Morgan fingerprint density at radius 1 is 1.11 bits per heavy atom. The van der Waals surface area contributed by atoms with Crippen LogP contribution in [0.5, 0.6) is 0 Å². The third-order valence-corrected chi connectivity index (χ3v) is 4.76. The predicted molar refractivity (Wildman–Crippen MR) is 78.9 cm³/mol. The van der Waals surface area contributed by atoms with E-state index in [0.717, 1.165) is 5.92 Å². The summed E-state index contributed by atoms with van der Waals surface area (Å²) in [4.78, 5) is 2.79. The molecule has 1 saturated carbocycles. The van der Waals surface area contributed by atoms with E-state index in [1.165, 1.54) is 77.7 Å². The Labute approximate surface area is 114 Å². The van der Waals surface area contributed by atoms with Crippen LogP contribution in [0.2, 0.25) is 0 Å². The summed E-state index contributed by atoms with van der Waals surface area (Å²) in [5.74, 6) is 1.04. The molecule has 0 bridgehead atoms. The van der Waals surface area contributed by atoms with E-state index in [-0.39, 0.29) is 0 Å². The van der Waals surface area contributed by atoms with Crippen molar-refractivity contribution in [3.63, 3.8) is 0 Å². The van der Waals surface area contributed by atoms with Gasteiger partial charge in [0.1, 0.15) is 0 Å². The highest BCUT2D eigenvalue weighted by atomic mass is 15.1. The first-order valence-electron chi connectivity index (χ1n) is 8.21. The Morgan fingerprint density at radius 2 is 1.83 bits per heavy atom. The van der Waals surface area contributed by atoms with Crippen LogP contribution in [0.1, 0.15) is 58.8 Å². The van der Waals surface area contributed by atoms with E-state index in [4.69, 9.17) is 0 Å². The Hall–Kier alpha value is -0.0800. The molecule has 0 aromatic carbocycles. The summed E-state index contributed by atoms with van der Waals surface area (Å²) < 4.78 is 0. The van der Waals surface area contributed by atoms with Gasteiger partial charge in [0.05, 0.1) is 0 Å². The quantitative estimate of drug-likeness (QED) is 0.713. The van der Waals surface area contributed by atoms with Crippen LogP contribution < -0.4 is 5.32 Å². The van der Waals surface area contributed by atoms with Crippen LogP contribution in [0, 0.1) is 11.3 Å². The van der Waals surface area contributed by atoms with Gasteiger partial charge in [-0.1, -0.05) is 20.3 Å². The van der Waals surface area contributed by atoms with E-state index < -0.39 is 0 Å². The maximum absolute atomic E-state index is 3.54. The van der Waals surface area contributed by atoms with Gasteiger partial charge in [0.2, 0.25) is 0 Å². The lowest BCUT2D eigenvalue weighted by atomic mass is 9.75. The van der Waals surface area contributed by atoms with Gasteiger partial charge in [-0.3, -0.25) is 0 Å². The first-order chi connectivity index (χ1) is 8.78. The first-order valence-corrected chi connectivity index (χ1v) is 8.21. The molecule has 0 atom stereocenters. The third kappa shape index (κ3) is 4.24. The SMILES string of the molecule is CCCN(CC1CC1)CC1(CCC)CCNCC1. The molecule has 2 aliphatic rings. The monoisotopic (exact) mass is 252 g/mol. The van der Waals surface area contributed by atoms with E-state index in [0.29, 0.717) is 5.41 Å². The summed E-state index contributed by atoms with van der Waals surface area (Å²) in [6.07, 6.45) is 9.86. The van der Waals surface area contributed by atoms with Gasteiger partial charge >= 0.3 is 0 Å². The largest absolute Gasteiger partial charge is 0.317 e. The van der Waals surface area contributed by atoms with Gasteiger partial charge in [0.15, 0.2) is 0 Å². The Balaban J connectivity index is 1.90. The van der Waals surface area contributed by atoms with Crippen molar-refractivity contribution in [2.45, 2.75) is 58.8 Å². The molecular formula is C16H32N2. The maximum Gasteiger partial charge on any atom is 0.00390 e. The molecule has 2 fully saturated rings. The number of rotatable bonds is 8. The fraction of sp³-hybridized carbons (Fsp3) is 1.00. The molecule has 106 valence electrons. The molecule has 0 aromatic heterocycles. The Morgan fingerprint density at radius 3 is 2.39 bits per heavy atom. The zero-order chi connectivity index (χ0) is 12.8. The van der Waals surface area contributed by atoms with Crippen LogP contribution in [0.3, 0.4) is 0 Å².